The third-order valence-electron chi connectivity index (χ3n) is 5.02. The highest BCUT2D eigenvalue weighted by atomic mass is 32.2. The number of alkyl halides is 6. The van der Waals surface area contributed by atoms with E-state index >= 15 is 0 Å². The molecule has 2 aliphatic carbocycles. The van der Waals surface area contributed by atoms with Crippen LogP contribution in [0.15, 0.2) is 23.0 Å². The Morgan fingerprint density at radius 1 is 1.26 bits per heavy atom. The summed E-state index contributed by atoms with van der Waals surface area (Å²) < 4.78 is 108. The molecule has 0 bridgehead atoms. The van der Waals surface area contributed by atoms with Crippen molar-refractivity contribution in [1.82, 2.24) is 0 Å². The van der Waals surface area contributed by atoms with E-state index < -0.39 is 81.6 Å². The molecule has 0 aromatic carbocycles. The van der Waals surface area contributed by atoms with E-state index in [0.717, 1.165) is 13.0 Å². The number of aliphatic hydroxyl groups excluding tert-OH is 1. The van der Waals surface area contributed by atoms with E-state index in [1.807, 2.05) is 0 Å². The second-order valence-corrected chi connectivity index (χ2v) is 9.04. The van der Waals surface area contributed by atoms with Gasteiger partial charge in [-0.15, -0.1) is 0 Å². The molecule has 0 heterocycles. The monoisotopic (exact) mass is 422 g/mol. The van der Waals surface area contributed by atoms with Gasteiger partial charge in [-0.05, 0) is 25.0 Å². The predicted molar refractivity (Wildman–Crippen MR) is 84.9 cm³/mol. The molecule has 4 nitrogen and oxygen atoms in total. The van der Waals surface area contributed by atoms with Crippen LogP contribution in [0.3, 0.4) is 0 Å². The van der Waals surface area contributed by atoms with Crippen LogP contribution in [-0.4, -0.2) is 61.9 Å². The van der Waals surface area contributed by atoms with Gasteiger partial charge in [-0.1, -0.05) is 0 Å². The second-order valence-electron chi connectivity index (χ2n) is 6.69. The summed E-state index contributed by atoms with van der Waals surface area (Å²) in [4.78, 5) is 0. The number of rotatable bonds is 8. The van der Waals surface area contributed by atoms with Gasteiger partial charge in [0.2, 0.25) is 0 Å². The van der Waals surface area contributed by atoms with Gasteiger partial charge in [0.25, 0.3) is 0 Å². The van der Waals surface area contributed by atoms with Crippen LogP contribution in [0.25, 0.3) is 0 Å². The van der Waals surface area contributed by atoms with Crippen molar-refractivity contribution in [3.8, 4) is 0 Å². The molecule has 0 spiro atoms. The second kappa shape index (κ2) is 7.65. The lowest BCUT2D eigenvalue weighted by molar-refractivity contribution is -0.118. The lowest BCUT2D eigenvalue weighted by Gasteiger charge is -2.35. The number of ether oxygens (including phenoxy) is 1. The molecule has 0 saturated heterocycles. The molecule has 0 amide bonds. The van der Waals surface area contributed by atoms with Gasteiger partial charge >= 0.3 is 5.92 Å². The zero-order valence-electron chi connectivity index (χ0n) is 14.4. The van der Waals surface area contributed by atoms with E-state index in [-0.39, 0.29) is 12.8 Å². The van der Waals surface area contributed by atoms with Crippen molar-refractivity contribution in [2.75, 3.05) is 19.4 Å². The largest absolute Gasteiger partial charge is 0.490 e. The molecule has 0 fully saturated rings. The van der Waals surface area contributed by atoms with Gasteiger partial charge < -0.3 is 9.84 Å². The molecule has 156 valence electrons. The molecule has 2 aliphatic rings. The van der Waals surface area contributed by atoms with E-state index in [1.54, 1.807) is 0 Å². The molecule has 1 unspecified atom stereocenters. The van der Waals surface area contributed by atoms with E-state index in [0.29, 0.717) is 0 Å². The zero-order chi connectivity index (χ0) is 20.6. The summed E-state index contributed by atoms with van der Waals surface area (Å²) in [5, 5.41) is 9.94. The minimum atomic E-state index is -4.66. The topological polar surface area (TPSA) is 63.6 Å². The Morgan fingerprint density at radius 2 is 1.81 bits per heavy atom. The van der Waals surface area contributed by atoms with Crippen LogP contribution in [0.2, 0.25) is 0 Å². The summed E-state index contributed by atoms with van der Waals surface area (Å²) >= 11 is 0. The summed E-state index contributed by atoms with van der Waals surface area (Å²) in [5.74, 6) is -4.87. The van der Waals surface area contributed by atoms with Crippen molar-refractivity contribution in [2.24, 2.45) is 0 Å². The number of aliphatic hydroxyl groups is 1. The Bertz CT molecular complexity index is 729. The van der Waals surface area contributed by atoms with Crippen LogP contribution in [-0.2, 0) is 14.6 Å². The predicted octanol–water partition coefficient (Wildman–Crippen LogP) is 3.12. The van der Waals surface area contributed by atoms with Crippen LogP contribution in [0, 0.1) is 0 Å². The Hall–Kier alpha value is -1.23. The van der Waals surface area contributed by atoms with Crippen molar-refractivity contribution in [3.05, 3.63) is 23.0 Å². The molecule has 1 N–H and O–H groups in total. The Kier molecular flexibility index (Phi) is 6.25. The fourth-order valence-electron chi connectivity index (χ4n) is 3.36. The van der Waals surface area contributed by atoms with Crippen LogP contribution < -0.4 is 0 Å². The highest BCUT2D eigenvalue weighted by molar-refractivity contribution is 7.92. The summed E-state index contributed by atoms with van der Waals surface area (Å²) in [6.07, 6.45) is -7.18. The fraction of sp³-hybridized carbons (Fsp3) is 0.750. The molecule has 2 rings (SSSR count). The summed E-state index contributed by atoms with van der Waals surface area (Å²) in [6.45, 7) is -0.895. The molecule has 0 aromatic rings. The Labute approximate surface area is 152 Å². The zero-order valence-corrected chi connectivity index (χ0v) is 15.2. The van der Waals surface area contributed by atoms with Crippen molar-refractivity contribution >= 4 is 9.84 Å². The molecular formula is C16H20F6O4S. The quantitative estimate of drug-likeness (QED) is 0.611. The number of halogens is 6. The van der Waals surface area contributed by atoms with Crippen molar-refractivity contribution in [3.63, 3.8) is 0 Å². The standard InChI is InChI=1S/C16H20F6O4S/c1-15(27(24,25)8-19)5-2-10(26-9(3-6-17)4-7-18)11-12(15)14(23)16(21,22)13(11)20/h2,9,13-14,23H,3-8H2,1H3/t13-,14+,15?/m1/s1. The van der Waals surface area contributed by atoms with Crippen molar-refractivity contribution in [1.29, 1.82) is 0 Å². The first-order chi connectivity index (χ1) is 12.5. The molecule has 0 saturated carbocycles. The number of sulfone groups is 1. The van der Waals surface area contributed by atoms with Gasteiger partial charge in [0.15, 0.2) is 22.0 Å². The summed E-state index contributed by atoms with van der Waals surface area (Å²) in [7, 11) is -4.66. The van der Waals surface area contributed by atoms with E-state index in [2.05, 4.69) is 0 Å². The average Bonchev–Trinajstić information content (AvgIpc) is 2.79. The van der Waals surface area contributed by atoms with Crippen molar-refractivity contribution < 1.29 is 44.6 Å². The van der Waals surface area contributed by atoms with Crippen LogP contribution in [0.5, 0.6) is 0 Å². The molecule has 0 radical (unpaired) electrons. The molecule has 11 heteroatoms. The van der Waals surface area contributed by atoms with Crippen LogP contribution in [0.4, 0.5) is 26.3 Å². The van der Waals surface area contributed by atoms with E-state index in [4.69, 9.17) is 4.74 Å². The normalized spacial score (nSPS) is 30.5. The van der Waals surface area contributed by atoms with Gasteiger partial charge in [-0.2, -0.15) is 8.78 Å². The number of allylic oxidation sites excluding steroid dienone is 2. The van der Waals surface area contributed by atoms with Crippen molar-refractivity contribution in [2.45, 2.75) is 55.2 Å². The highest BCUT2D eigenvalue weighted by Gasteiger charge is 2.65. The summed E-state index contributed by atoms with van der Waals surface area (Å²) in [5.41, 5.74) is -1.78. The van der Waals surface area contributed by atoms with E-state index in [9.17, 15) is 39.9 Å². The smallest absolute Gasteiger partial charge is 0.312 e. The minimum absolute atomic E-state index is 0.292. The third kappa shape index (κ3) is 3.48. The highest BCUT2D eigenvalue weighted by Crippen LogP contribution is 2.53. The number of hydrogen-bond acceptors (Lipinski definition) is 4. The maximum atomic E-state index is 14.5. The van der Waals surface area contributed by atoms with Crippen LogP contribution in [0.1, 0.15) is 26.2 Å². The SMILES string of the molecule is CC1(S(=O)(=O)CF)CC=C(OC(CCF)CCF)C2=C1[C@H](O)C(F)(F)[C@@H]2F. The van der Waals surface area contributed by atoms with Gasteiger partial charge in [0.05, 0.1) is 13.3 Å². The van der Waals surface area contributed by atoms with Gasteiger partial charge in [-0.3, -0.25) is 8.78 Å². The maximum absolute atomic E-state index is 14.5. The molecule has 0 aliphatic heterocycles. The van der Waals surface area contributed by atoms with Gasteiger partial charge in [-0.25, -0.2) is 17.2 Å². The van der Waals surface area contributed by atoms with E-state index in [1.165, 1.54) is 0 Å². The molecule has 3 atom stereocenters. The van der Waals surface area contributed by atoms with Gasteiger partial charge in [0, 0.05) is 18.4 Å². The maximum Gasteiger partial charge on any atom is 0.312 e. The lowest BCUT2D eigenvalue weighted by Crippen LogP contribution is -2.46. The Balaban J connectivity index is 2.56. The summed E-state index contributed by atoms with van der Waals surface area (Å²) in [6, 6.07) is -1.90. The van der Waals surface area contributed by atoms with Crippen LogP contribution >= 0.6 is 0 Å². The Morgan fingerprint density at radius 3 is 2.30 bits per heavy atom. The first kappa shape index (κ1) is 22.1. The first-order valence-electron chi connectivity index (χ1n) is 8.19. The van der Waals surface area contributed by atoms with Gasteiger partial charge in [0.1, 0.15) is 22.7 Å². The first-order valence-corrected chi connectivity index (χ1v) is 9.85. The third-order valence-corrected chi connectivity index (χ3v) is 7.06. The fourth-order valence-corrected chi connectivity index (χ4v) is 4.49. The minimum Gasteiger partial charge on any atom is -0.490 e. The molecular weight excluding hydrogens is 402 g/mol. The molecule has 27 heavy (non-hydrogen) atoms. The molecule has 0 aromatic heterocycles. The average molecular weight is 422 g/mol. The number of hydrogen-bond donors (Lipinski definition) is 1. The lowest BCUT2D eigenvalue weighted by atomic mass is 9.86.